The minimum atomic E-state index is 0.115. The Balaban J connectivity index is 2.04. The summed E-state index contributed by atoms with van der Waals surface area (Å²) in [4.78, 5) is 12.1. The number of benzene rings is 1. The van der Waals surface area contributed by atoms with E-state index in [-0.39, 0.29) is 11.7 Å². The van der Waals surface area contributed by atoms with Gasteiger partial charge in [0.2, 0.25) is 0 Å². The third-order valence-corrected chi connectivity index (χ3v) is 3.30. The lowest BCUT2D eigenvalue weighted by molar-refractivity contribution is -0.117. The van der Waals surface area contributed by atoms with Gasteiger partial charge < -0.3 is 0 Å². The van der Waals surface area contributed by atoms with Crippen molar-refractivity contribution in [2.45, 2.75) is 26.2 Å². The van der Waals surface area contributed by atoms with Crippen LogP contribution < -0.4 is 0 Å². The Morgan fingerprint density at radius 3 is 2.76 bits per heavy atom. The van der Waals surface area contributed by atoms with E-state index in [9.17, 15) is 4.79 Å². The maximum absolute atomic E-state index is 12.1. The van der Waals surface area contributed by atoms with Crippen molar-refractivity contribution < 1.29 is 4.79 Å². The molecular weight excluding hydrogens is 208 g/mol. The van der Waals surface area contributed by atoms with E-state index in [1.54, 1.807) is 6.08 Å². The van der Waals surface area contributed by atoms with Crippen molar-refractivity contribution in [3.8, 4) is 0 Å². The number of rotatable bonds is 3. The zero-order chi connectivity index (χ0) is 12.1. The van der Waals surface area contributed by atoms with Crippen LogP contribution in [0.2, 0.25) is 0 Å². The van der Waals surface area contributed by atoms with E-state index in [1.807, 2.05) is 36.4 Å². The lowest BCUT2D eigenvalue weighted by atomic mass is 9.85. The van der Waals surface area contributed by atoms with Crippen LogP contribution in [0.4, 0.5) is 0 Å². The fraction of sp³-hybridized carbons (Fsp3) is 0.312. The summed E-state index contributed by atoms with van der Waals surface area (Å²) >= 11 is 0. The predicted molar refractivity (Wildman–Crippen MR) is 71.6 cm³/mol. The molecular formula is C16H18O. The number of carbonyl (C=O) groups is 1. The minimum absolute atomic E-state index is 0.115. The molecule has 0 fully saturated rings. The third-order valence-electron chi connectivity index (χ3n) is 3.30. The number of ketones is 1. The first-order chi connectivity index (χ1) is 8.27. The van der Waals surface area contributed by atoms with Gasteiger partial charge in [-0.2, -0.15) is 0 Å². The standard InChI is InChI=1S/C16H18O/c1-13-7-5-6-10-15(13)16(17)12-11-14-8-3-2-4-9-14/h2-4,7-9,11-12,15H,5-6,10H2,1H3/b12-11+. The lowest BCUT2D eigenvalue weighted by Gasteiger charge is -2.18. The van der Waals surface area contributed by atoms with Crippen LogP contribution in [0.5, 0.6) is 0 Å². The number of hydrogen-bond acceptors (Lipinski definition) is 1. The summed E-state index contributed by atoms with van der Waals surface area (Å²) in [5.41, 5.74) is 2.32. The summed E-state index contributed by atoms with van der Waals surface area (Å²) in [5, 5.41) is 0. The molecule has 0 heterocycles. The fourth-order valence-electron chi connectivity index (χ4n) is 2.25. The molecule has 0 N–H and O–H groups in total. The highest BCUT2D eigenvalue weighted by Crippen LogP contribution is 2.25. The van der Waals surface area contributed by atoms with E-state index in [0.29, 0.717) is 0 Å². The van der Waals surface area contributed by atoms with E-state index in [1.165, 1.54) is 5.57 Å². The van der Waals surface area contributed by atoms with Crippen molar-refractivity contribution in [2.75, 3.05) is 0 Å². The van der Waals surface area contributed by atoms with Gasteiger partial charge in [-0.15, -0.1) is 0 Å². The molecule has 1 aromatic carbocycles. The van der Waals surface area contributed by atoms with Crippen molar-refractivity contribution in [1.29, 1.82) is 0 Å². The van der Waals surface area contributed by atoms with Gasteiger partial charge in [0.15, 0.2) is 5.78 Å². The van der Waals surface area contributed by atoms with Crippen LogP contribution in [-0.4, -0.2) is 5.78 Å². The van der Waals surface area contributed by atoms with Crippen molar-refractivity contribution in [3.05, 3.63) is 53.6 Å². The second-order valence-electron chi connectivity index (χ2n) is 4.58. The van der Waals surface area contributed by atoms with Crippen molar-refractivity contribution in [1.82, 2.24) is 0 Å². The second kappa shape index (κ2) is 5.62. The van der Waals surface area contributed by atoms with Gasteiger partial charge >= 0.3 is 0 Å². The largest absolute Gasteiger partial charge is 0.294 e. The van der Waals surface area contributed by atoms with Gasteiger partial charge in [-0.05, 0) is 37.8 Å². The van der Waals surface area contributed by atoms with Crippen LogP contribution >= 0.6 is 0 Å². The first-order valence-electron chi connectivity index (χ1n) is 6.21. The molecule has 0 aromatic heterocycles. The molecule has 1 heteroatoms. The highest BCUT2D eigenvalue weighted by atomic mass is 16.1. The summed E-state index contributed by atoms with van der Waals surface area (Å²) in [6.07, 6.45) is 9.08. The fourth-order valence-corrected chi connectivity index (χ4v) is 2.25. The van der Waals surface area contributed by atoms with Crippen molar-refractivity contribution >= 4 is 11.9 Å². The van der Waals surface area contributed by atoms with Crippen molar-refractivity contribution in [3.63, 3.8) is 0 Å². The van der Waals surface area contributed by atoms with Crippen molar-refractivity contribution in [2.24, 2.45) is 5.92 Å². The summed E-state index contributed by atoms with van der Waals surface area (Å²) in [6.45, 7) is 2.07. The molecule has 0 aliphatic heterocycles. The monoisotopic (exact) mass is 226 g/mol. The number of allylic oxidation sites excluding steroid dienone is 3. The Kier molecular flexibility index (Phi) is 3.92. The first-order valence-corrected chi connectivity index (χ1v) is 6.21. The Labute approximate surface area is 103 Å². The first kappa shape index (κ1) is 11.8. The molecule has 0 saturated carbocycles. The SMILES string of the molecule is CC1=CCCCC1C(=O)/C=C/c1ccccc1. The smallest absolute Gasteiger partial charge is 0.162 e. The quantitative estimate of drug-likeness (QED) is 0.562. The maximum Gasteiger partial charge on any atom is 0.162 e. The van der Waals surface area contributed by atoms with Gasteiger partial charge in [-0.25, -0.2) is 0 Å². The molecule has 0 saturated heterocycles. The average molecular weight is 226 g/mol. The summed E-state index contributed by atoms with van der Waals surface area (Å²) in [5.74, 6) is 0.353. The molecule has 0 radical (unpaired) electrons. The molecule has 1 unspecified atom stereocenters. The van der Waals surface area contributed by atoms with Gasteiger partial charge in [0.05, 0.1) is 0 Å². The van der Waals surface area contributed by atoms with Gasteiger partial charge in [-0.3, -0.25) is 4.79 Å². The highest BCUT2D eigenvalue weighted by Gasteiger charge is 2.19. The second-order valence-corrected chi connectivity index (χ2v) is 4.58. The number of carbonyl (C=O) groups excluding carboxylic acids is 1. The highest BCUT2D eigenvalue weighted by molar-refractivity contribution is 5.97. The van der Waals surface area contributed by atoms with Gasteiger partial charge in [-0.1, -0.05) is 48.1 Å². The topological polar surface area (TPSA) is 17.1 Å². The van der Waals surface area contributed by atoms with Crippen LogP contribution in [0.15, 0.2) is 48.1 Å². The summed E-state index contributed by atoms with van der Waals surface area (Å²) in [6, 6.07) is 9.96. The molecule has 1 aliphatic carbocycles. The average Bonchev–Trinajstić information content (AvgIpc) is 2.38. The van der Waals surface area contributed by atoms with Gasteiger partial charge in [0, 0.05) is 5.92 Å². The molecule has 1 aromatic rings. The van der Waals surface area contributed by atoms with Gasteiger partial charge in [0.25, 0.3) is 0 Å². The molecule has 88 valence electrons. The lowest BCUT2D eigenvalue weighted by Crippen LogP contribution is -2.15. The molecule has 2 rings (SSSR count). The molecule has 1 atom stereocenters. The summed E-state index contributed by atoms with van der Waals surface area (Å²) in [7, 11) is 0. The maximum atomic E-state index is 12.1. The van der Waals surface area contributed by atoms with E-state index in [2.05, 4.69) is 13.0 Å². The van der Waals surface area contributed by atoms with Gasteiger partial charge in [0.1, 0.15) is 0 Å². The zero-order valence-electron chi connectivity index (χ0n) is 10.2. The van der Waals surface area contributed by atoms with E-state index < -0.39 is 0 Å². The Bertz CT molecular complexity index is 440. The molecule has 1 nitrogen and oxygen atoms in total. The molecule has 0 spiro atoms. The molecule has 1 aliphatic rings. The van der Waals surface area contributed by atoms with E-state index >= 15 is 0 Å². The molecule has 0 bridgehead atoms. The zero-order valence-corrected chi connectivity index (χ0v) is 10.2. The summed E-state index contributed by atoms with van der Waals surface area (Å²) < 4.78 is 0. The van der Waals surface area contributed by atoms with Crippen LogP contribution in [0, 0.1) is 5.92 Å². The van der Waals surface area contributed by atoms with E-state index in [4.69, 9.17) is 0 Å². The minimum Gasteiger partial charge on any atom is -0.294 e. The Hall–Kier alpha value is -1.63. The third kappa shape index (κ3) is 3.16. The van der Waals surface area contributed by atoms with Crippen LogP contribution in [0.3, 0.4) is 0 Å². The van der Waals surface area contributed by atoms with E-state index in [0.717, 1.165) is 24.8 Å². The molecule has 17 heavy (non-hydrogen) atoms. The van der Waals surface area contributed by atoms with Crippen LogP contribution in [0.25, 0.3) is 6.08 Å². The Morgan fingerprint density at radius 2 is 2.06 bits per heavy atom. The van der Waals surface area contributed by atoms with Crippen LogP contribution in [-0.2, 0) is 4.79 Å². The predicted octanol–water partition coefficient (Wildman–Crippen LogP) is 4.02. The number of hydrogen-bond donors (Lipinski definition) is 0. The Morgan fingerprint density at radius 1 is 1.29 bits per heavy atom. The normalized spacial score (nSPS) is 20.3. The van der Waals surface area contributed by atoms with Crippen LogP contribution in [0.1, 0.15) is 31.7 Å². The molecule has 0 amide bonds.